The molecule has 1 N–H and O–H groups in total. The lowest BCUT2D eigenvalue weighted by molar-refractivity contribution is -0.125. The van der Waals surface area contributed by atoms with E-state index < -0.39 is 0 Å². The summed E-state index contributed by atoms with van der Waals surface area (Å²) in [7, 11) is 0. The molecule has 2 aliphatic rings. The van der Waals surface area contributed by atoms with Crippen LogP contribution in [0, 0.1) is 5.92 Å². The molecule has 0 spiro atoms. The summed E-state index contributed by atoms with van der Waals surface area (Å²) >= 11 is 0. The van der Waals surface area contributed by atoms with Gasteiger partial charge in [0.15, 0.2) is 0 Å². The number of aromatic nitrogens is 2. The number of carbonyl (C=O) groups excluding carboxylic acids is 1. The summed E-state index contributed by atoms with van der Waals surface area (Å²) in [6.07, 6.45) is 12.0. The third kappa shape index (κ3) is 3.93. The Bertz CT molecular complexity index is 452. The van der Waals surface area contributed by atoms with E-state index in [-0.39, 0.29) is 17.9 Å². The molecule has 0 aromatic carbocycles. The van der Waals surface area contributed by atoms with Crippen molar-refractivity contribution >= 4 is 5.91 Å². The van der Waals surface area contributed by atoms with E-state index in [4.69, 9.17) is 4.74 Å². The summed E-state index contributed by atoms with van der Waals surface area (Å²) in [4.78, 5) is 20.3. The van der Waals surface area contributed by atoms with Crippen LogP contribution < -0.4 is 10.1 Å². The van der Waals surface area contributed by atoms with Crippen molar-refractivity contribution in [1.29, 1.82) is 0 Å². The van der Waals surface area contributed by atoms with Crippen molar-refractivity contribution in [2.75, 3.05) is 0 Å². The molecule has 1 heterocycles. The molecule has 0 unspecified atom stereocenters. The van der Waals surface area contributed by atoms with Crippen molar-refractivity contribution in [2.24, 2.45) is 5.92 Å². The monoisotopic (exact) mass is 289 g/mol. The van der Waals surface area contributed by atoms with Crippen LogP contribution in [0.4, 0.5) is 0 Å². The van der Waals surface area contributed by atoms with E-state index >= 15 is 0 Å². The number of nitrogens with zero attached hydrogens (tertiary/aromatic N) is 2. The fraction of sp³-hybridized carbons (Fsp3) is 0.688. The van der Waals surface area contributed by atoms with Gasteiger partial charge in [0.2, 0.25) is 5.91 Å². The zero-order chi connectivity index (χ0) is 14.5. The lowest BCUT2D eigenvalue weighted by Gasteiger charge is -2.29. The second-order valence-electron chi connectivity index (χ2n) is 6.11. The number of ether oxygens (including phenoxy) is 1. The van der Waals surface area contributed by atoms with E-state index in [1.165, 1.54) is 12.8 Å². The number of hydrogen-bond donors (Lipinski definition) is 1. The second-order valence-corrected chi connectivity index (χ2v) is 6.11. The highest BCUT2D eigenvalue weighted by molar-refractivity contribution is 5.79. The minimum Gasteiger partial charge on any atom is -0.460 e. The first kappa shape index (κ1) is 14.3. The molecular weight excluding hydrogens is 266 g/mol. The average molecular weight is 289 g/mol. The highest BCUT2D eigenvalue weighted by Gasteiger charge is 2.28. The van der Waals surface area contributed by atoms with E-state index in [0.717, 1.165) is 38.5 Å². The number of rotatable bonds is 4. The summed E-state index contributed by atoms with van der Waals surface area (Å²) in [5.41, 5.74) is 0. The Morgan fingerprint density at radius 1 is 1.05 bits per heavy atom. The predicted octanol–water partition coefficient (Wildman–Crippen LogP) is 2.47. The second kappa shape index (κ2) is 6.87. The van der Waals surface area contributed by atoms with Gasteiger partial charge in [0.05, 0.1) is 0 Å². The molecule has 114 valence electrons. The third-order valence-corrected chi connectivity index (χ3v) is 4.56. The van der Waals surface area contributed by atoms with Crippen molar-refractivity contribution in [3.8, 4) is 6.01 Å². The van der Waals surface area contributed by atoms with Crippen molar-refractivity contribution < 1.29 is 9.53 Å². The van der Waals surface area contributed by atoms with Gasteiger partial charge in [0.25, 0.3) is 0 Å². The summed E-state index contributed by atoms with van der Waals surface area (Å²) in [5.74, 6) is 0.528. The van der Waals surface area contributed by atoms with Crippen LogP contribution in [0.15, 0.2) is 18.5 Å². The van der Waals surface area contributed by atoms with Crippen LogP contribution in [0.1, 0.15) is 51.4 Å². The minimum atomic E-state index is 0.173. The molecule has 1 aromatic rings. The number of hydrogen-bond acceptors (Lipinski definition) is 4. The molecule has 3 rings (SSSR count). The van der Waals surface area contributed by atoms with E-state index in [2.05, 4.69) is 15.3 Å². The van der Waals surface area contributed by atoms with Crippen LogP contribution in [0.3, 0.4) is 0 Å². The fourth-order valence-electron chi connectivity index (χ4n) is 3.33. The molecule has 2 fully saturated rings. The van der Waals surface area contributed by atoms with E-state index in [0.29, 0.717) is 12.1 Å². The normalized spacial score (nSPS) is 26.5. The number of nitrogens with one attached hydrogen (secondary N) is 1. The average Bonchev–Trinajstić information content (AvgIpc) is 3.05. The van der Waals surface area contributed by atoms with E-state index in [1.807, 2.05) is 0 Å². The van der Waals surface area contributed by atoms with Gasteiger partial charge in [-0.25, -0.2) is 9.97 Å². The van der Waals surface area contributed by atoms with Gasteiger partial charge in [0, 0.05) is 24.4 Å². The zero-order valence-electron chi connectivity index (χ0n) is 12.3. The molecule has 1 amide bonds. The molecule has 0 radical (unpaired) electrons. The molecule has 2 aliphatic carbocycles. The highest BCUT2D eigenvalue weighted by atomic mass is 16.5. The largest absolute Gasteiger partial charge is 0.460 e. The summed E-state index contributed by atoms with van der Waals surface area (Å²) in [6.45, 7) is 0. The van der Waals surface area contributed by atoms with Gasteiger partial charge in [-0.2, -0.15) is 0 Å². The van der Waals surface area contributed by atoms with E-state index in [1.54, 1.807) is 18.5 Å². The summed E-state index contributed by atoms with van der Waals surface area (Å²) in [6, 6.07) is 2.55. The van der Waals surface area contributed by atoms with Gasteiger partial charge in [-0.15, -0.1) is 0 Å². The van der Waals surface area contributed by atoms with Crippen LogP contribution in [0.2, 0.25) is 0 Å². The quantitative estimate of drug-likeness (QED) is 0.925. The van der Waals surface area contributed by atoms with Gasteiger partial charge in [-0.05, 0) is 44.6 Å². The Labute approximate surface area is 125 Å². The Balaban J connectivity index is 1.41. The summed E-state index contributed by atoms with van der Waals surface area (Å²) in [5, 5.41) is 3.22. The highest BCUT2D eigenvalue weighted by Crippen LogP contribution is 2.26. The van der Waals surface area contributed by atoms with Gasteiger partial charge in [0.1, 0.15) is 6.10 Å². The molecule has 0 aliphatic heterocycles. The van der Waals surface area contributed by atoms with Crippen LogP contribution in [-0.4, -0.2) is 28.0 Å². The predicted molar refractivity (Wildman–Crippen MR) is 78.8 cm³/mol. The Morgan fingerprint density at radius 2 is 1.71 bits per heavy atom. The number of carbonyl (C=O) groups is 1. The maximum atomic E-state index is 12.1. The first-order valence-electron chi connectivity index (χ1n) is 8.05. The lowest BCUT2D eigenvalue weighted by atomic mass is 9.92. The van der Waals surface area contributed by atoms with Crippen LogP contribution >= 0.6 is 0 Å². The van der Waals surface area contributed by atoms with Crippen LogP contribution in [0.25, 0.3) is 0 Å². The molecule has 0 atom stereocenters. The zero-order valence-corrected chi connectivity index (χ0v) is 12.3. The van der Waals surface area contributed by atoms with Gasteiger partial charge >= 0.3 is 6.01 Å². The van der Waals surface area contributed by atoms with Gasteiger partial charge < -0.3 is 10.1 Å². The van der Waals surface area contributed by atoms with Crippen molar-refractivity contribution in [2.45, 2.75) is 63.5 Å². The Hall–Kier alpha value is -1.65. The molecule has 5 nitrogen and oxygen atoms in total. The molecule has 1 aromatic heterocycles. The van der Waals surface area contributed by atoms with Crippen LogP contribution in [-0.2, 0) is 4.79 Å². The standard InChI is InChI=1S/C16H23N3O2/c20-15(12-4-1-2-5-12)19-13-6-8-14(9-7-13)21-16-17-10-3-11-18-16/h3,10-14H,1-2,4-9H2,(H,19,20). The minimum absolute atomic E-state index is 0.173. The van der Waals surface area contributed by atoms with E-state index in [9.17, 15) is 4.79 Å². The maximum Gasteiger partial charge on any atom is 0.316 e. The molecule has 21 heavy (non-hydrogen) atoms. The molecule has 0 saturated heterocycles. The third-order valence-electron chi connectivity index (χ3n) is 4.56. The molecule has 0 bridgehead atoms. The Kier molecular flexibility index (Phi) is 4.68. The SMILES string of the molecule is O=C(NC1CCC(Oc2ncccn2)CC1)C1CCCC1. The first-order valence-corrected chi connectivity index (χ1v) is 8.05. The number of amides is 1. The van der Waals surface area contributed by atoms with Crippen LogP contribution in [0.5, 0.6) is 6.01 Å². The van der Waals surface area contributed by atoms with Gasteiger partial charge in [-0.1, -0.05) is 12.8 Å². The molecular formula is C16H23N3O2. The maximum absolute atomic E-state index is 12.1. The lowest BCUT2D eigenvalue weighted by Crippen LogP contribution is -2.42. The smallest absolute Gasteiger partial charge is 0.316 e. The first-order chi connectivity index (χ1) is 10.3. The van der Waals surface area contributed by atoms with Crippen molar-refractivity contribution in [3.63, 3.8) is 0 Å². The fourth-order valence-corrected chi connectivity index (χ4v) is 3.33. The molecule has 2 saturated carbocycles. The molecule has 5 heteroatoms. The van der Waals surface area contributed by atoms with Gasteiger partial charge in [-0.3, -0.25) is 4.79 Å². The van der Waals surface area contributed by atoms with Crippen molar-refractivity contribution in [1.82, 2.24) is 15.3 Å². The summed E-state index contributed by atoms with van der Waals surface area (Å²) < 4.78 is 5.77. The Morgan fingerprint density at radius 3 is 2.38 bits per heavy atom. The van der Waals surface area contributed by atoms with Crippen molar-refractivity contribution in [3.05, 3.63) is 18.5 Å². The topological polar surface area (TPSA) is 64.1 Å².